The van der Waals surface area contributed by atoms with Crippen molar-refractivity contribution in [3.05, 3.63) is 23.0 Å². The van der Waals surface area contributed by atoms with Crippen molar-refractivity contribution in [2.75, 3.05) is 52.9 Å². The minimum atomic E-state index is -2.92. The van der Waals surface area contributed by atoms with E-state index in [-0.39, 0.29) is 0 Å². The van der Waals surface area contributed by atoms with Crippen LogP contribution in [0.3, 0.4) is 0 Å². The fraction of sp³-hybridized carbons (Fsp3) is 0.860. The summed E-state index contributed by atoms with van der Waals surface area (Å²) in [6.45, 7) is -2.66. The Kier molecular flexibility index (Phi) is 36.9. The third kappa shape index (κ3) is 24.0. The van der Waals surface area contributed by atoms with Crippen molar-refractivity contribution in [2.45, 2.75) is 257 Å². The molecule has 0 spiro atoms. The second-order valence-corrected chi connectivity index (χ2v) is 24.0. The number of carbonyl (C=O) groups excluding carboxylic acids is 4. The zero-order valence-corrected chi connectivity index (χ0v) is 55.3. The number of aliphatic hydroxyl groups excluding tert-OH is 25. The first kappa shape index (κ1) is 88.8. The van der Waals surface area contributed by atoms with Crippen LogP contribution in [-0.4, -0.2) is 401 Å². The van der Waals surface area contributed by atoms with E-state index in [1.165, 1.54) is 6.92 Å². The zero-order chi connectivity index (χ0) is 76.2. The van der Waals surface area contributed by atoms with E-state index in [0.717, 1.165) is 27.7 Å². The molecule has 4 fully saturated rings. The van der Waals surface area contributed by atoms with E-state index in [2.05, 4.69) is 16.0 Å². The second-order valence-electron chi connectivity index (χ2n) is 24.0. The van der Waals surface area contributed by atoms with Gasteiger partial charge in [0.1, 0.15) is 140 Å². The number of amides is 4. The first-order valence-electron chi connectivity index (χ1n) is 31.8. The number of nitrogens with one attached hydrogen (secondary N) is 4. The highest BCUT2D eigenvalue weighted by Gasteiger charge is 2.55. The van der Waals surface area contributed by atoms with E-state index in [9.17, 15) is 147 Å². The minimum absolute atomic E-state index is 0.547. The van der Waals surface area contributed by atoms with Gasteiger partial charge in [0.15, 0.2) is 36.7 Å². The predicted molar refractivity (Wildman–Crippen MR) is 322 cm³/mol. The summed E-state index contributed by atoms with van der Waals surface area (Å²) in [5.41, 5.74) is -1.15. The molecule has 0 aliphatic carbocycles. The maximum absolute atomic E-state index is 12.7. The van der Waals surface area contributed by atoms with E-state index in [1.807, 2.05) is 5.32 Å². The standard InChI is InChI=1S/C57H100N4O40/c1-18-31(58-19(2)69)40(81)48(29(16-67)92-18)101-55-34(61-22(5)72)41(82)47(30(17-68)96-55)97-53(89)45(86)46(25(75)9-13-91-54(90)49(36(77)24(74)7-11-63)98-51(87)32(59-20(3)70)35(76)23(73)6-10-62)100-57-50(43(84)39(80)28(15-66)95-57)99-52(88)33(60-21(4)71)37(78)26(8-12-64)93-56-44(85)42(83)38(79)27(14-65)94-56/h18,23-32,34-35,38-48,50-57,62-68,73-90H,6-17H2,1-5H3,(H,58,69)(H,59,70)(H,60,71)(H,61,72)/b37-33-,49-36-/t18-,23+,24+,25+,26+,27?,28?,29?,30?,31?,32?,34?,35?,38-,39+,40?,41?,42?,43?,44?,45?,46?,47+,48+,50?,51-,52-,53-,54+,55-,56+,57+/m0/s1. The molecule has 44 heteroatoms. The molecule has 4 heterocycles. The molecule has 44 nitrogen and oxygen atoms in total. The lowest BCUT2D eigenvalue weighted by Crippen LogP contribution is -2.69. The molecule has 0 aromatic rings. The topological polar surface area (TPSA) is 724 Å². The third-order valence-electron chi connectivity index (χ3n) is 16.4. The van der Waals surface area contributed by atoms with Crippen LogP contribution < -0.4 is 21.3 Å². The van der Waals surface area contributed by atoms with Gasteiger partial charge >= 0.3 is 0 Å². The molecule has 16 unspecified atom stereocenters. The van der Waals surface area contributed by atoms with Crippen LogP contribution in [0.2, 0.25) is 0 Å². The highest BCUT2D eigenvalue weighted by molar-refractivity contribution is 5.75. The van der Waals surface area contributed by atoms with Gasteiger partial charge in [-0.2, -0.15) is 0 Å². The largest absolute Gasteiger partial charge is 0.507 e. The maximum Gasteiger partial charge on any atom is 0.221 e. The highest BCUT2D eigenvalue weighted by atomic mass is 16.8. The molecule has 0 aromatic carbocycles. The van der Waals surface area contributed by atoms with Crippen molar-refractivity contribution >= 4 is 23.6 Å². The van der Waals surface area contributed by atoms with Gasteiger partial charge in [0.05, 0.1) is 57.4 Å². The quantitative estimate of drug-likeness (QED) is 0.0200. The summed E-state index contributed by atoms with van der Waals surface area (Å²) in [7, 11) is 0. The first-order chi connectivity index (χ1) is 47.5. The summed E-state index contributed by atoms with van der Waals surface area (Å²) < 4.78 is 62.2. The highest BCUT2D eigenvalue weighted by Crippen LogP contribution is 2.35. The van der Waals surface area contributed by atoms with Crippen LogP contribution >= 0.6 is 0 Å². The number of hydrogen-bond donors (Lipinski definition) is 29. The Labute approximate surface area is 575 Å². The van der Waals surface area contributed by atoms with E-state index >= 15 is 0 Å². The Balaban J connectivity index is 1.83. The summed E-state index contributed by atoms with van der Waals surface area (Å²) in [4.78, 5) is 49.7. The maximum atomic E-state index is 12.7. The smallest absolute Gasteiger partial charge is 0.221 e. The third-order valence-corrected chi connectivity index (χ3v) is 16.4. The first-order valence-corrected chi connectivity index (χ1v) is 31.8. The van der Waals surface area contributed by atoms with Crippen molar-refractivity contribution in [3.8, 4) is 0 Å². The van der Waals surface area contributed by atoms with Gasteiger partial charge in [-0.3, -0.25) is 19.2 Å². The van der Waals surface area contributed by atoms with E-state index in [4.69, 9.17) is 52.1 Å². The number of ether oxygens (including phenoxy) is 11. The van der Waals surface area contributed by atoms with Gasteiger partial charge in [0, 0.05) is 60.4 Å². The number of rotatable bonds is 40. The number of carbonyl (C=O) groups is 4. The van der Waals surface area contributed by atoms with Crippen LogP contribution in [0.5, 0.6) is 0 Å². The molecule has 29 N–H and O–H groups in total. The van der Waals surface area contributed by atoms with E-state index in [0.29, 0.717) is 0 Å². The van der Waals surface area contributed by atoms with Gasteiger partial charge in [-0.25, -0.2) is 0 Å². The molecule has 588 valence electrons. The lowest BCUT2D eigenvalue weighted by molar-refractivity contribution is -0.358. The second kappa shape index (κ2) is 42.0. The van der Waals surface area contributed by atoms with Crippen LogP contribution in [0, 0.1) is 0 Å². The fourth-order valence-corrected chi connectivity index (χ4v) is 11.1. The van der Waals surface area contributed by atoms with Gasteiger partial charge in [-0.1, -0.05) is 0 Å². The number of hydrogen-bond acceptors (Lipinski definition) is 40. The molecule has 32 atom stereocenters. The van der Waals surface area contributed by atoms with Gasteiger partial charge in [-0.05, 0) is 19.8 Å². The molecule has 4 amide bonds. The van der Waals surface area contributed by atoms with Gasteiger partial charge in [0.25, 0.3) is 0 Å². The number of aliphatic hydroxyl groups is 25. The summed E-state index contributed by atoms with van der Waals surface area (Å²) >= 11 is 0. The van der Waals surface area contributed by atoms with E-state index in [1.54, 1.807) is 0 Å². The molecular weight excluding hydrogens is 1380 g/mol. The minimum Gasteiger partial charge on any atom is -0.507 e. The van der Waals surface area contributed by atoms with Crippen LogP contribution in [-0.2, 0) is 71.3 Å². The van der Waals surface area contributed by atoms with Crippen molar-refractivity contribution < 1.29 is 199 Å². The Hall–Kier alpha value is -4.56. The van der Waals surface area contributed by atoms with Crippen LogP contribution in [0.4, 0.5) is 0 Å². The summed E-state index contributed by atoms with van der Waals surface area (Å²) in [6, 6.07) is -5.15. The molecule has 0 bridgehead atoms. The van der Waals surface area contributed by atoms with Crippen LogP contribution in [0.1, 0.15) is 60.3 Å². The van der Waals surface area contributed by atoms with Gasteiger partial charge < -0.3 is 201 Å². The molecule has 4 aliphatic rings. The molecule has 0 aromatic heterocycles. The lowest BCUT2D eigenvalue weighted by Gasteiger charge is -2.49. The van der Waals surface area contributed by atoms with Crippen molar-refractivity contribution in [1.82, 2.24) is 21.3 Å². The van der Waals surface area contributed by atoms with Gasteiger partial charge in [0.2, 0.25) is 42.5 Å². The van der Waals surface area contributed by atoms with Crippen molar-refractivity contribution in [1.29, 1.82) is 0 Å². The SMILES string of the molecule is CC(=O)N/C(=C(\O)[C@@H](CCO)O[C@@H]1OC(CO)[C@H](O)C(O)C1O)[C@@H](O)OC1C(O)[C@H](O)C(CO)O[C@@H]1OC(C(O)[C@@H](O)O[C@@H]1C(CO)O[C@@H](O[C@@H]2C(CO)O[C@@H](C)C(NC(C)=O)C2O)C(NC(C)=O)C1O)[C@H](O)CCO[C@@H](O)/C(O[C@H](O)C(NC(C)=O)C(O)[C@H](O)CCO)=C(/O)[C@H](O)CCO. The Morgan fingerprint density at radius 2 is 1.00 bits per heavy atom. The molecular formula is C57H100N4O40. The Bertz CT molecular complexity index is 2590. The fourth-order valence-electron chi connectivity index (χ4n) is 11.1. The van der Waals surface area contributed by atoms with Crippen molar-refractivity contribution in [3.63, 3.8) is 0 Å². The summed E-state index contributed by atoms with van der Waals surface area (Å²) in [5, 5.41) is 282. The molecule has 101 heavy (non-hydrogen) atoms. The predicted octanol–water partition coefficient (Wildman–Crippen LogP) is -14.8. The van der Waals surface area contributed by atoms with Crippen LogP contribution in [0.25, 0.3) is 0 Å². The lowest BCUT2D eigenvalue weighted by atomic mass is 9.92. The molecule has 4 saturated heterocycles. The molecule has 4 aliphatic heterocycles. The molecule has 4 rings (SSSR count). The average molecular weight is 1480 g/mol. The molecule has 0 radical (unpaired) electrons. The summed E-state index contributed by atoms with van der Waals surface area (Å²) in [5.74, 6) is -7.71. The Morgan fingerprint density at radius 1 is 0.465 bits per heavy atom. The molecule has 0 saturated carbocycles. The van der Waals surface area contributed by atoms with Gasteiger partial charge in [-0.15, -0.1) is 0 Å². The summed E-state index contributed by atoms with van der Waals surface area (Å²) in [6.07, 6.45) is -66.2. The van der Waals surface area contributed by atoms with Crippen molar-refractivity contribution in [2.24, 2.45) is 0 Å². The van der Waals surface area contributed by atoms with E-state index < -0.39 is 322 Å². The Morgan fingerprint density at radius 3 is 1.54 bits per heavy atom. The monoisotopic (exact) mass is 1480 g/mol. The average Bonchev–Trinajstić information content (AvgIpc) is 0.790. The van der Waals surface area contributed by atoms with Crippen LogP contribution in [0.15, 0.2) is 23.0 Å². The zero-order valence-electron chi connectivity index (χ0n) is 55.3. The normalized spacial score (nSPS) is 34.4.